The van der Waals surface area contributed by atoms with E-state index in [-0.39, 0.29) is 0 Å². The lowest BCUT2D eigenvalue weighted by Crippen LogP contribution is -2.37. The van der Waals surface area contributed by atoms with E-state index in [1.54, 1.807) is 0 Å². The molecule has 18 heavy (non-hydrogen) atoms. The van der Waals surface area contributed by atoms with E-state index in [1.807, 2.05) is 0 Å². The molecule has 0 aliphatic heterocycles. The number of ether oxygens (including phenoxy) is 1. The smallest absolute Gasteiger partial charge is 0.0471 e. The molecule has 0 amide bonds. The van der Waals surface area contributed by atoms with Crippen molar-refractivity contribution in [2.45, 2.75) is 65.2 Å². The van der Waals surface area contributed by atoms with Crippen molar-refractivity contribution in [3.05, 3.63) is 0 Å². The summed E-state index contributed by atoms with van der Waals surface area (Å²) in [6.07, 6.45) is 11.1. The van der Waals surface area contributed by atoms with Crippen molar-refractivity contribution in [3.63, 3.8) is 0 Å². The van der Waals surface area contributed by atoms with E-state index in [2.05, 4.69) is 26.2 Å². The third kappa shape index (κ3) is 5.27. The highest BCUT2D eigenvalue weighted by molar-refractivity contribution is 4.87. The Morgan fingerprint density at radius 3 is 2.50 bits per heavy atom. The van der Waals surface area contributed by atoms with Crippen LogP contribution in [0.15, 0.2) is 0 Å². The summed E-state index contributed by atoms with van der Waals surface area (Å²) in [5, 5.41) is 3.41. The van der Waals surface area contributed by atoms with Gasteiger partial charge in [0.1, 0.15) is 0 Å². The fraction of sp³-hybridized carbons (Fsp3) is 1.00. The van der Waals surface area contributed by atoms with Crippen LogP contribution in [0.3, 0.4) is 0 Å². The molecule has 1 fully saturated rings. The van der Waals surface area contributed by atoms with Crippen molar-refractivity contribution in [2.24, 2.45) is 11.3 Å². The van der Waals surface area contributed by atoms with Crippen LogP contribution in [0.2, 0.25) is 0 Å². The maximum absolute atomic E-state index is 5.57. The number of rotatable bonds is 9. The standard InChI is InChI=1S/C16H33NO/c1-4-6-7-15-8-10-16(11-9-15,14-17-3)12-13-18-5-2/h15,17H,4-14H2,1-3H3. The fourth-order valence-electron chi connectivity index (χ4n) is 3.39. The fourth-order valence-corrected chi connectivity index (χ4v) is 3.39. The van der Waals surface area contributed by atoms with Gasteiger partial charge in [-0.3, -0.25) is 0 Å². The molecule has 0 aromatic heterocycles. The summed E-state index contributed by atoms with van der Waals surface area (Å²) in [6, 6.07) is 0. The first-order valence-corrected chi connectivity index (χ1v) is 7.98. The molecule has 1 aliphatic rings. The average Bonchev–Trinajstić information content (AvgIpc) is 2.39. The minimum Gasteiger partial charge on any atom is -0.382 e. The number of nitrogens with one attached hydrogen (secondary N) is 1. The molecule has 0 aromatic rings. The molecule has 1 rings (SSSR count). The SMILES string of the molecule is CCCCC1CCC(CCOCC)(CNC)CC1. The molecule has 2 heteroatoms. The Morgan fingerprint density at radius 2 is 1.94 bits per heavy atom. The minimum absolute atomic E-state index is 0.520. The van der Waals surface area contributed by atoms with Crippen LogP contribution in [0.5, 0.6) is 0 Å². The van der Waals surface area contributed by atoms with Gasteiger partial charge in [-0.15, -0.1) is 0 Å². The molecular weight excluding hydrogens is 222 g/mol. The second-order valence-electron chi connectivity index (χ2n) is 6.06. The highest BCUT2D eigenvalue weighted by Crippen LogP contribution is 2.42. The molecule has 1 aliphatic carbocycles. The molecule has 1 saturated carbocycles. The minimum atomic E-state index is 0.520. The van der Waals surface area contributed by atoms with Gasteiger partial charge in [0.15, 0.2) is 0 Å². The molecule has 0 aromatic carbocycles. The highest BCUT2D eigenvalue weighted by Gasteiger charge is 2.34. The second-order valence-corrected chi connectivity index (χ2v) is 6.06. The van der Waals surface area contributed by atoms with E-state index >= 15 is 0 Å². The normalized spacial score (nSPS) is 28.5. The van der Waals surface area contributed by atoms with Gasteiger partial charge in [0, 0.05) is 19.8 Å². The number of hydrogen-bond donors (Lipinski definition) is 1. The van der Waals surface area contributed by atoms with Gasteiger partial charge in [0.25, 0.3) is 0 Å². The lowest BCUT2D eigenvalue weighted by molar-refractivity contribution is 0.0672. The van der Waals surface area contributed by atoms with Crippen LogP contribution < -0.4 is 5.32 Å². The molecule has 0 atom stereocenters. The zero-order valence-electron chi connectivity index (χ0n) is 12.8. The van der Waals surface area contributed by atoms with Gasteiger partial charge in [-0.05, 0) is 57.4 Å². The summed E-state index contributed by atoms with van der Waals surface area (Å²) in [7, 11) is 2.09. The van der Waals surface area contributed by atoms with E-state index in [0.29, 0.717) is 5.41 Å². The third-order valence-corrected chi connectivity index (χ3v) is 4.66. The predicted octanol–water partition coefficient (Wildman–Crippen LogP) is 4.00. The maximum Gasteiger partial charge on any atom is 0.0471 e. The molecule has 0 saturated heterocycles. The summed E-state index contributed by atoms with van der Waals surface area (Å²) in [4.78, 5) is 0. The maximum atomic E-state index is 5.57. The van der Waals surface area contributed by atoms with Crippen LogP contribution in [0.25, 0.3) is 0 Å². The van der Waals surface area contributed by atoms with Crippen molar-refractivity contribution < 1.29 is 4.74 Å². The van der Waals surface area contributed by atoms with Crippen LogP contribution in [0.1, 0.15) is 65.2 Å². The van der Waals surface area contributed by atoms with Crippen molar-refractivity contribution in [3.8, 4) is 0 Å². The summed E-state index contributed by atoms with van der Waals surface area (Å²) < 4.78 is 5.57. The van der Waals surface area contributed by atoms with Crippen molar-refractivity contribution in [1.82, 2.24) is 5.32 Å². The quantitative estimate of drug-likeness (QED) is 0.629. The first-order chi connectivity index (χ1) is 8.76. The summed E-state index contributed by atoms with van der Waals surface area (Å²) in [6.45, 7) is 7.36. The van der Waals surface area contributed by atoms with Gasteiger partial charge in [-0.1, -0.05) is 26.2 Å². The lowest BCUT2D eigenvalue weighted by Gasteiger charge is -2.40. The van der Waals surface area contributed by atoms with Crippen LogP contribution in [0.4, 0.5) is 0 Å². The van der Waals surface area contributed by atoms with Gasteiger partial charge in [-0.25, -0.2) is 0 Å². The molecule has 0 unspecified atom stereocenters. The van der Waals surface area contributed by atoms with E-state index in [0.717, 1.165) is 19.1 Å². The first-order valence-electron chi connectivity index (χ1n) is 7.98. The second kappa shape index (κ2) is 8.92. The molecule has 0 bridgehead atoms. The molecule has 0 radical (unpaired) electrons. The Balaban J connectivity index is 2.35. The van der Waals surface area contributed by atoms with Crippen LogP contribution in [0, 0.1) is 11.3 Å². The van der Waals surface area contributed by atoms with Gasteiger partial charge in [0.2, 0.25) is 0 Å². The molecule has 1 N–H and O–H groups in total. The van der Waals surface area contributed by atoms with E-state index < -0.39 is 0 Å². The summed E-state index contributed by atoms with van der Waals surface area (Å²) in [5.74, 6) is 1.00. The lowest BCUT2D eigenvalue weighted by atomic mass is 9.68. The molecular formula is C16H33NO. The van der Waals surface area contributed by atoms with Crippen molar-refractivity contribution >= 4 is 0 Å². The zero-order chi connectivity index (χ0) is 13.3. The zero-order valence-corrected chi connectivity index (χ0v) is 12.8. The van der Waals surface area contributed by atoms with E-state index in [4.69, 9.17) is 4.74 Å². The number of unbranched alkanes of at least 4 members (excludes halogenated alkanes) is 1. The van der Waals surface area contributed by atoms with Gasteiger partial charge >= 0.3 is 0 Å². The Labute approximate surface area is 114 Å². The van der Waals surface area contributed by atoms with Gasteiger partial charge in [-0.2, -0.15) is 0 Å². The first kappa shape index (κ1) is 16.0. The Hall–Kier alpha value is -0.0800. The number of hydrogen-bond acceptors (Lipinski definition) is 2. The summed E-state index contributed by atoms with van der Waals surface area (Å²) in [5.41, 5.74) is 0.520. The largest absolute Gasteiger partial charge is 0.382 e. The highest BCUT2D eigenvalue weighted by atomic mass is 16.5. The van der Waals surface area contributed by atoms with Crippen LogP contribution in [-0.2, 0) is 4.74 Å². The van der Waals surface area contributed by atoms with Crippen LogP contribution in [-0.4, -0.2) is 26.8 Å². The Kier molecular flexibility index (Phi) is 7.92. The molecule has 2 nitrogen and oxygen atoms in total. The monoisotopic (exact) mass is 255 g/mol. The van der Waals surface area contributed by atoms with Gasteiger partial charge < -0.3 is 10.1 Å². The third-order valence-electron chi connectivity index (χ3n) is 4.66. The van der Waals surface area contributed by atoms with Crippen LogP contribution >= 0.6 is 0 Å². The topological polar surface area (TPSA) is 21.3 Å². The van der Waals surface area contributed by atoms with E-state index in [1.165, 1.54) is 57.9 Å². The van der Waals surface area contributed by atoms with E-state index in [9.17, 15) is 0 Å². The van der Waals surface area contributed by atoms with Crippen molar-refractivity contribution in [1.29, 1.82) is 0 Å². The average molecular weight is 255 g/mol. The predicted molar refractivity (Wildman–Crippen MR) is 79.0 cm³/mol. The Morgan fingerprint density at radius 1 is 1.22 bits per heavy atom. The molecule has 0 heterocycles. The summed E-state index contributed by atoms with van der Waals surface area (Å²) >= 11 is 0. The van der Waals surface area contributed by atoms with Gasteiger partial charge in [0.05, 0.1) is 0 Å². The molecule has 0 spiro atoms. The molecule has 108 valence electrons. The Bertz CT molecular complexity index is 197. The van der Waals surface area contributed by atoms with Crippen molar-refractivity contribution in [2.75, 3.05) is 26.8 Å².